The zero-order chi connectivity index (χ0) is 12.4. The zero-order valence-electron chi connectivity index (χ0n) is 11.2. The van der Waals surface area contributed by atoms with Crippen LogP contribution in [0.15, 0.2) is 6.20 Å². The maximum atomic E-state index is 10.4. The minimum Gasteiger partial charge on any atom is -0.388 e. The second-order valence-electron chi connectivity index (χ2n) is 5.48. The van der Waals surface area contributed by atoms with Gasteiger partial charge in [-0.1, -0.05) is 26.2 Å². The van der Waals surface area contributed by atoms with Gasteiger partial charge >= 0.3 is 0 Å². The molecular formula is C14H24N2O. The lowest BCUT2D eigenvalue weighted by Gasteiger charge is -2.30. The second-order valence-corrected chi connectivity index (χ2v) is 5.48. The van der Waals surface area contributed by atoms with Crippen LogP contribution in [-0.4, -0.2) is 14.9 Å². The quantitative estimate of drug-likeness (QED) is 0.876. The Morgan fingerprint density at radius 3 is 2.53 bits per heavy atom. The number of aliphatic hydroxyl groups is 1. The topological polar surface area (TPSA) is 38.0 Å². The Hall–Kier alpha value is -0.830. The molecule has 0 aromatic carbocycles. The van der Waals surface area contributed by atoms with Gasteiger partial charge in [-0.05, 0) is 31.6 Å². The minimum atomic E-state index is -0.318. The molecule has 1 fully saturated rings. The van der Waals surface area contributed by atoms with Crippen molar-refractivity contribution in [2.75, 3.05) is 0 Å². The number of aliphatic hydroxyl groups excluding tert-OH is 1. The van der Waals surface area contributed by atoms with Gasteiger partial charge in [0.05, 0.1) is 11.8 Å². The summed E-state index contributed by atoms with van der Waals surface area (Å²) in [6.45, 7) is 4.25. The lowest BCUT2D eigenvalue weighted by molar-refractivity contribution is 0.0724. The normalized spacial score (nSPS) is 27.1. The maximum absolute atomic E-state index is 10.4. The van der Waals surface area contributed by atoms with Crippen molar-refractivity contribution in [1.82, 2.24) is 9.78 Å². The molecule has 1 aromatic rings. The predicted octanol–water partition coefficient (Wildman–Crippen LogP) is 2.98. The highest BCUT2D eigenvalue weighted by molar-refractivity contribution is 5.19. The van der Waals surface area contributed by atoms with E-state index in [0.29, 0.717) is 5.92 Å². The molecule has 1 aromatic heterocycles. The van der Waals surface area contributed by atoms with Crippen molar-refractivity contribution in [1.29, 1.82) is 0 Å². The van der Waals surface area contributed by atoms with E-state index in [1.165, 1.54) is 19.3 Å². The standard InChI is InChI=1S/C14H24N2O/c1-4-11-5-7-12(8-6-11)14(17)13-9-16(3)15-10(13)2/h9,11-12,14,17H,4-8H2,1-3H3. The molecular weight excluding hydrogens is 212 g/mol. The maximum Gasteiger partial charge on any atom is 0.0851 e. The number of aromatic nitrogens is 2. The van der Waals surface area contributed by atoms with E-state index in [9.17, 15) is 5.11 Å². The fraction of sp³-hybridized carbons (Fsp3) is 0.786. The van der Waals surface area contributed by atoms with Crippen LogP contribution in [0.5, 0.6) is 0 Å². The minimum absolute atomic E-state index is 0.318. The third-order valence-electron chi connectivity index (χ3n) is 4.29. The lowest BCUT2D eigenvalue weighted by Crippen LogP contribution is -2.20. The molecule has 2 rings (SSSR count). The first-order chi connectivity index (χ1) is 8.11. The van der Waals surface area contributed by atoms with Crippen molar-refractivity contribution in [3.63, 3.8) is 0 Å². The van der Waals surface area contributed by atoms with E-state index < -0.39 is 0 Å². The Labute approximate surface area is 104 Å². The van der Waals surface area contributed by atoms with Crippen LogP contribution >= 0.6 is 0 Å². The molecule has 0 bridgehead atoms. The number of aryl methyl sites for hydroxylation is 2. The predicted molar refractivity (Wildman–Crippen MR) is 68.6 cm³/mol. The molecule has 1 aliphatic rings. The second kappa shape index (κ2) is 5.21. The molecule has 17 heavy (non-hydrogen) atoms. The largest absolute Gasteiger partial charge is 0.388 e. The van der Waals surface area contributed by atoms with E-state index in [4.69, 9.17) is 0 Å². The molecule has 0 aliphatic heterocycles. The summed E-state index contributed by atoms with van der Waals surface area (Å²) in [6.07, 6.45) is 7.80. The first kappa shape index (κ1) is 12.6. The summed E-state index contributed by atoms with van der Waals surface area (Å²) in [5.74, 6) is 1.31. The van der Waals surface area contributed by atoms with Crippen molar-refractivity contribution in [2.24, 2.45) is 18.9 Å². The van der Waals surface area contributed by atoms with E-state index in [-0.39, 0.29) is 6.10 Å². The van der Waals surface area contributed by atoms with E-state index in [1.807, 2.05) is 20.2 Å². The summed E-state index contributed by atoms with van der Waals surface area (Å²) in [7, 11) is 1.91. The molecule has 1 unspecified atom stereocenters. The van der Waals surface area contributed by atoms with Gasteiger partial charge in [0.1, 0.15) is 0 Å². The molecule has 1 saturated carbocycles. The monoisotopic (exact) mass is 236 g/mol. The van der Waals surface area contributed by atoms with E-state index >= 15 is 0 Å². The summed E-state index contributed by atoms with van der Waals surface area (Å²) in [5, 5.41) is 14.8. The van der Waals surface area contributed by atoms with Gasteiger partial charge < -0.3 is 5.11 Å². The first-order valence-electron chi connectivity index (χ1n) is 6.80. The third-order valence-corrected chi connectivity index (χ3v) is 4.29. The van der Waals surface area contributed by atoms with Crippen molar-refractivity contribution in [2.45, 2.75) is 52.1 Å². The highest BCUT2D eigenvalue weighted by Gasteiger charge is 2.28. The molecule has 0 spiro atoms. The van der Waals surface area contributed by atoms with Gasteiger partial charge in [-0.2, -0.15) is 5.10 Å². The summed E-state index contributed by atoms with van der Waals surface area (Å²) in [4.78, 5) is 0. The Kier molecular flexibility index (Phi) is 3.87. The fourth-order valence-corrected chi connectivity index (χ4v) is 3.07. The van der Waals surface area contributed by atoms with Gasteiger partial charge in [0.2, 0.25) is 0 Å². The molecule has 1 atom stereocenters. The van der Waals surface area contributed by atoms with E-state index in [2.05, 4.69) is 12.0 Å². The summed E-state index contributed by atoms with van der Waals surface area (Å²) < 4.78 is 1.80. The van der Waals surface area contributed by atoms with Gasteiger partial charge in [-0.3, -0.25) is 4.68 Å². The lowest BCUT2D eigenvalue weighted by atomic mass is 9.77. The smallest absolute Gasteiger partial charge is 0.0851 e. The number of nitrogens with zero attached hydrogens (tertiary/aromatic N) is 2. The Bertz CT molecular complexity index is 364. The summed E-state index contributed by atoms with van der Waals surface area (Å²) in [5.41, 5.74) is 1.99. The van der Waals surface area contributed by atoms with E-state index in [1.54, 1.807) is 4.68 Å². The van der Waals surface area contributed by atoms with Crippen molar-refractivity contribution < 1.29 is 5.11 Å². The van der Waals surface area contributed by atoms with Crippen molar-refractivity contribution in [3.8, 4) is 0 Å². The first-order valence-corrected chi connectivity index (χ1v) is 6.80. The molecule has 1 heterocycles. The van der Waals surface area contributed by atoms with E-state index in [0.717, 1.165) is 30.0 Å². The fourth-order valence-electron chi connectivity index (χ4n) is 3.07. The van der Waals surface area contributed by atoms with Gasteiger partial charge in [0.25, 0.3) is 0 Å². The van der Waals surface area contributed by atoms with Gasteiger partial charge in [-0.25, -0.2) is 0 Å². The van der Waals surface area contributed by atoms with Crippen LogP contribution in [0.25, 0.3) is 0 Å². The summed E-state index contributed by atoms with van der Waals surface area (Å²) in [6, 6.07) is 0. The molecule has 0 saturated heterocycles. The zero-order valence-corrected chi connectivity index (χ0v) is 11.2. The van der Waals surface area contributed by atoms with Crippen molar-refractivity contribution >= 4 is 0 Å². The summed E-state index contributed by atoms with van der Waals surface area (Å²) >= 11 is 0. The van der Waals surface area contributed by atoms with Crippen LogP contribution in [0.2, 0.25) is 0 Å². The number of rotatable bonds is 3. The van der Waals surface area contributed by atoms with Crippen LogP contribution in [0.1, 0.15) is 56.4 Å². The van der Waals surface area contributed by atoms with Crippen LogP contribution in [0.3, 0.4) is 0 Å². The average Bonchev–Trinajstić information content (AvgIpc) is 2.68. The van der Waals surface area contributed by atoms with Crippen LogP contribution in [0, 0.1) is 18.8 Å². The molecule has 3 nitrogen and oxygen atoms in total. The van der Waals surface area contributed by atoms with Crippen LogP contribution < -0.4 is 0 Å². The van der Waals surface area contributed by atoms with Gasteiger partial charge in [0.15, 0.2) is 0 Å². The number of hydrogen-bond donors (Lipinski definition) is 1. The highest BCUT2D eigenvalue weighted by atomic mass is 16.3. The highest BCUT2D eigenvalue weighted by Crippen LogP contribution is 2.38. The van der Waals surface area contributed by atoms with Crippen LogP contribution in [-0.2, 0) is 7.05 Å². The SMILES string of the molecule is CCC1CCC(C(O)c2cn(C)nc2C)CC1. The molecule has 3 heteroatoms. The molecule has 1 N–H and O–H groups in total. The van der Waals surface area contributed by atoms with Crippen molar-refractivity contribution in [3.05, 3.63) is 17.5 Å². The van der Waals surface area contributed by atoms with Gasteiger partial charge in [-0.15, -0.1) is 0 Å². The third kappa shape index (κ3) is 2.71. The Balaban J connectivity index is 2.01. The Morgan fingerprint density at radius 1 is 1.41 bits per heavy atom. The number of hydrogen-bond acceptors (Lipinski definition) is 2. The average molecular weight is 236 g/mol. The van der Waals surface area contributed by atoms with Crippen LogP contribution in [0.4, 0.5) is 0 Å². The Morgan fingerprint density at radius 2 is 2.06 bits per heavy atom. The van der Waals surface area contributed by atoms with Gasteiger partial charge in [0, 0.05) is 18.8 Å². The molecule has 1 aliphatic carbocycles. The molecule has 0 amide bonds. The molecule has 0 radical (unpaired) electrons. The molecule has 96 valence electrons.